The largest absolute Gasteiger partial charge is 0.399 e. The summed E-state index contributed by atoms with van der Waals surface area (Å²) in [7, 11) is 0. The average Bonchev–Trinajstić information content (AvgIpc) is 2.55. The molecule has 1 aromatic carbocycles. The second-order valence-corrected chi connectivity index (χ2v) is 5.23. The van der Waals surface area contributed by atoms with E-state index >= 15 is 0 Å². The molecule has 1 heterocycles. The molecule has 5 N–H and O–H groups in total. The minimum Gasteiger partial charge on any atom is -0.399 e. The van der Waals surface area contributed by atoms with Gasteiger partial charge in [-0.05, 0) is 61.0 Å². The Morgan fingerprint density at radius 1 is 1.25 bits per heavy atom. The summed E-state index contributed by atoms with van der Waals surface area (Å²) in [5, 5.41) is 3.41. The van der Waals surface area contributed by atoms with E-state index in [1.165, 1.54) is 24.0 Å². The molecule has 1 aliphatic heterocycles. The van der Waals surface area contributed by atoms with E-state index < -0.39 is 0 Å². The second-order valence-electron chi connectivity index (χ2n) is 5.23. The van der Waals surface area contributed by atoms with Crippen molar-refractivity contribution in [3.8, 4) is 0 Å². The number of hydrogen-bond acceptors (Lipinski definition) is 3. The van der Waals surface area contributed by atoms with Crippen LogP contribution in [-0.2, 0) is 6.42 Å². The highest BCUT2D eigenvalue weighted by atomic mass is 14.9. The van der Waals surface area contributed by atoms with Gasteiger partial charge in [-0.3, -0.25) is 0 Å². The van der Waals surface area contributed by atoms with Crippen LogP contribution in [0.25, 0.3) is 0 Å². The van der Waals surface area contributed by atoms with Crippen LogP contribution in [0.4, 0.5) is 5.69 Å². The fraction of sp³-hybridized carbons (Fsp3) is 0.538. The Morgan fingerprint density at radius 2 is 2.00 bits per heavy atom. The third-order valence-electron chi connectivity index (χ3n) is 4.31. The van der Waals surface area contributed by atoms with Crippen molar-refractivity contribution >= 4 is 5.69 Å². The van der Waals surface area contributed by atoms with Gasteiger partial charge in [-0.1, -0.05) is 6.07 Å². The minimum atomic E-state index is 0.174. The smallest absolute Gasteiger partial charge is 0.0359 e. The van der Waals surface area contributed by atoms with Crippen LogP contribution in [0.15, 0.2) is 18.2 Å². The van der Waals surface area contributed by atoms with Crippen LogP contribution < -0.4 is 16.8 Å². The van der Waals surface area contributed by atoms with E-state index in [9.17, 15) is 0 Å². The summed E-state index contributed by atoms with van der Waals surface area (Å²) in [6, 6.07) is 6.39. The van der Waals surface area contributed by atoms with Crippen molar-refractivity contribution in [3.63, 3.8) is 0 Å². The number of nitrogens with one attached hydrogen (secondary N) is 1. The highest BCUT2D eigenvalue weighted by Crippen LogP contribution is 2.49. The molecule has 3 nitrogen and oxygen atoms in total. The number of nitrogens with two attached hydrogens (primary N) is 2. The Kier molecular flexibility index (Phi) is 2.19. The molecule has 3 rings (SSSR count). The first-order valence-electron chi connectivity index (χ1n) is 6.06. The molecule has 1 spiro atoms. The van der Waals surface area contributed by atoms with Crippen LogP contribution in [0, 0.1) is 5.41 Å². The highest BCUT2D eigenvalue weighted by Gasteiger charge is 2.44. The number of piperidine rings is 1. The molecule has 0 amide bonds. The predicted molar refractivity (Wildman–Crippen MR) is 66.0 cm³/mol. The molecule has 0 unspecified atom stereocenters. The van der Waals surface area contributed by atoms with E-state index in [-0.39, 0.29) is 6.04 Å². The first-order chi connectivity index (χ1) is 7.71. The van der Waals surface area contributed by atoms with Crippen molar-refractivity contribution < 1.29 is 0 Å². The Hall–Kier alpha value is -1.06. The van der Waals surface area contributed by atoms with Crippen molar-refractivity contribution in [2.24, 2.45) is 11.1 Å². The first-order valence-corrected chi connectivity index (χ1v) is 6.06. The van der Waals surface area contributed by atoms with Gasteiger partial charge >= 0.3 is 0 Å². The molecule has 1 aromatic rings. The molecule has 1 saturated heterocycles. The minimum absolute atomic E-state index is 0.174. The Morgan fingerprint density at radius 3 is 2.75 bits per heavy atom. The normalized spacial score (nSPS) is 26.9. The molecule has 1 aliphatic carbocycles. The Balaban J connectivity index is 1.99. The van der Waals surface area contributed by atoms with Gasteiger partial charge in [0.2, 0.25) is 0 Å². The monoisotopic (exact) mass is 217 g/mol. The standard InChI is InChI=1S/C13H19N3/c14-10-2-1-9-8-13(3-5-16-6-4-13)12(15)11(9)7-10/h1-2,7,12,16H,3-6,8,14-15H2/t12-/m1/s1. The lowest BCUT2D eigenvalue weighted by atomic mass is 9.73. The fourth-order valence-electron chi connectivity index (χ4n) is 3.30. The Labute approximate surface area is 96.2 Å². The molecule has 16 heavy (non-hydrogen) atoms. The van der Waals surface area contributed by atoms with Crippen LogP contribution in [0.5, 0.6) is 0 Å². The maximum Gasteiger partial charge on any atom is 0.0359 e. The van der Waals surface area contributed by atoms with Crippen molar-refractivity contribution in [3.05, 3.63) is 29.3 Å². The molecule has 3 heteroatoms. The van der Waals surface area contributed by atoms with Crippen LogP contribution >= 0.6 is 0 Å². The van der Waals surface area contributed by atoms with Gasteiger partial charge in [-0.25, -0.2) is 0 Å². The van der Waals surface area contributed by atoms with Gasteiger partial charge in [-0.15, -0.1) is 0 Å². The average molecular weight is 217 g/mol. The number of fused-ring (bicyclic) bond motifs is 1. The van der Waals surface area contributed by atoms with Crippen molar-refractivity contribution in [2.75, 3.05) is 18.8 Å². The second kappa shape index (κ2) is 3.47. The molecule has 1 fully saturated rings. The summed E-state index contributed by atoms with van der Waals surface area (Å²) in [5.41, 5.74) is 16.1. The summed E-state index contributed by atoms with van der Waals surface area (Å²) in [4.78, 5) is 0. The SMILES string of the molecule is Nc1ccc2c(c1)[C@@H](N)C1(CCNCC1)C2. The first kappa shape index (κ1) is 10.1. The highest BCUT2D eigenvalue weighted by molar-refractivity contribution is 5.49. The molecule has 0 saturated carbocycles. The lowest BCUT2D eigenvalue weighted by Crippen LogP contribution is -2.42. The van der Waals surface area contributed by atoms with Crippen molar-refractivity contribution in [2.45, 2.75) is 25.3 Å². The van der Waals surface area contributed by atoms with E-state index in [0.29, 0.717) is 5.41 Å². The van der Waals surface area contributed by atoms with E-state index in [4.69, 9.17) is 11.5 Å². The number of anilines is 1. The molecular formula is C13H19N3. The summed E-state index contributed by atoms with van der Waals surface area (Å²) in [6.07, 6.45) is 3.50. The van der Waals surface area contributed by atoms with Crippen LogP contribution in [-0.4, -0.2) is 13.1 Å². The number of hydrogen-bond donors (Lipinski definition) is 3. The van der Waals surface area contributed by atoms with Gasteiger partial charge < -0.3 is 16.8 Å². The van der Waals surface area contributed by atoms with Gasteiger partial charge in [0.05, 0.1) is 0 Å². The molecule has 86 valence electrons. The third kappa shape index (κ3) is 1.35. The summed E-state index contributed by atoms with van der Waals surface area (Å²) < 4.78 is 0. The van der Waals surface area contributed by atoms with E-state index in [1.807, 2.05) is 6.07 Å². The predicted octanol–water partition coefficient (Wildman–Crippen LogP) is 1.19. The number of benzene rings is 1. The summed E-state index contributed by atoms with van der Waals surface area (Å²) >= 11 is 0. The molecule has 0 radical (unpaired) electrons. The maximum absolute atomic E-state index is 6.44. The van der Waals surface area contributed by atoms with Gasteiger partial charge in [0.15, 0.2) is 0 Å². The molecular weight excluding hydrogens is 198 g/mol. The van der Waals surface area contributed by atoms with Gasteiger partial charge in [-0.2, -0.15) is 0 Å². The zero-order valence-electron chi connectivity index (χ0n) is 9.50. The summed E-state index contributed by atoms with van der Waals surface area (Å²) in [6.45, 7) is 2.19. The topological polar surface area (TPSA) is 64.1 Å². The maximum atomic E-state index is 6.44. The fourth-order valence-corrected chi connectivity index (χ4v) is 3.30. The lowest BCUT2D eigenvalue weighted by molar-refractivity contribution is 0.174. The molecule has 1 atom stereocenters. The summed E-state index contributed by atoms with van der Waals surface area (Å²) in [5.74, 6) is 0. The zero-order chi connectivity index (χ0) is 11.2. The zero-order valence-corrected chi connectivity index (χ0v) is 9.50. The Bertz CT molecular complexity index is 408. The van der Waals surface area contributed by atoms with Gasteiger partial charge in [0.25, 0.3) is 0 Å². The number of rotatable bonds is 0. The quantitative estimate of drug-likeness (QED) is 0.572. The van der Waals surface area contributed by atoms with E-state index in [2.05, 4.69) is 17.4 Å². The lowest BCUT2D eigenvalue weighted by Gasteiger charge is -2.37. The van der Waals surface area contributed by atoms with E-state index in [1.54, 1.807) is 0 Å². The van der Waals surface area contributed by atoms with Crippen LogP contribution in [0.3, 0.4) is 0 Å². The molecule has 0 bridgehead atoms. The van der Waals surface area contributed by atoms with Crippen LogP contribution in [0.1, 0.15) is 30.0 Å². The van der Waals surface area contributed by atoms with Gasteiger partial charge in [0, 0.05) is 11.7 Å². The van der Waals surface area contributed by atoms with Crippen LogP contribution in [0.2, 0.25) is 0 Å². The third-order valence-corrected chi connectivity index (χ3v) is 4.31. The van der Waals surface area contributed by atoms with Gasteiger partial charge in [0.1, 0.15) is 0 Å². The number of nitrogen functional groups attached to an aromatic ring is 1. The molecule has 2 aliphatic rings. The molecule has 0 aromatic heterocycles. The van der Waals surface area contributed by atoms with Crippen molar-refractivity contribution in [1.82, 2.24) is 5.32 Å². The van der Waals surface area contributed by atoms with Crippen molar-refractivity contribution in [1.29, 1.82) is 0 Å². The van der Waals surface area contributed by atoms with E-state index in [0.717, 1.165) is 25.2 Å².